The number of benzene rings is 1. The van der Waals surface area contributed by atoms with Gasteiger partial charge in [0.25, 0.3) is 5.56 Å². The van der Waals surface area contributed by atoms with Gasteiger partial charge in [-0.2, -0.15) is 0 Å². The normalized spacial score (nSPS) is 24.6. The number of aromatic amines is 2. The Labute approximate surface area is 166 Å². The Morgan fingerprint density at radius 2 is 2.00 bits per heavy atom. The zero-order valence-electron chi connectivity index (χ0n) is 15.9. The van der Waals surface area contributed by atoms with Gasteiger partial charge in [0.1, 0.15) is 5.82 Å². The van der Waals surface area contributed by atoms with E-state index in [0.29, 0.717) is 13.1 Å². The fourth-order valence-corrected chi connectivity index (χ4v) is 4.37. The maximum Gasteiger partial charge on any atom is 0.325 e. The molecule has 0 radical (unpaired) electrons. The van der Waals surface area contributed by atoms with Gasteiger partial charge in [0.15, 0.2) is 0 Å². The molecule has 154 valence electrons. The van der Waals surface area contributed by atoms with Crippen molar-refractivity contribution in [1.82, 2.24) is 25.7 Å². The molecular formula is C20H24FN5O3. The van der Waals surface area contributed by atoms with Crippen molar-refractivity contribution in [2.45, 2.75) is 31.2 Å². The fourth-order valence-electron chi connectivity index (χ4n) is 4.37. The number of nitrogens with zero attached hydrogens (tertiary/aromatic N) is 1. The average Bonchev–Trinajstić information content (AvgIpc) is 3.20. The molecule has 4 N–H and O–H groups in total. The van der Waals surface area contributed by atoms with E-state index >= 15 is 0 Å². The molecule has 2 aliphatic rings. The summed E-state index contributed by atoms with van der Waals surface area (Å²) in [4.78, 5) is 42.1. The van der Waals surface area contributed by atoms with Gasteiger partial charge in [-0.1, -0.05) is 12.1 Å². The Hall–Kier alpha value is -2.78. The van der Waals surface area contributed by atoms with Crippen LogP contribution in [0.1, 0.15) is 29.9 Å². The molecule has 1 aromatic carbocycles. The van der Waals surface area contributed by atoms with Gasteiger partial charge in [-0.15, -0.1) is 0 Å². The molecule has 4 rings (SSSR count). The second-order valence-electron chi connectivity index (χ2n) is 7.73. The average molecular weight is 401 g/mol. The molecule has 29 heavy (non-hydrogen) atoms. The largest absolute Gasteiger partial charge is 0.342 e. The van der Waals surface area contributed by atoms with Crippen molar-refractivity contribution in [2.75, 3.05) is 19.6 Å². The minimum absolute atomic E-state index is 0.0451. The minimum Gasteiger partial charge on any atom is -0.342 e. The topological polar surface area (TPSA) is 110 Å². The summed E-state index contributed by atoms with van der Waals surface area (Å²) in [6, 6.07) is 6.71. The van der Waals surface area contributed by atoms with E-state index < -0.39 is 11.2 Å². The molecule has 0 bridgehead atoms. The van der Waals surface area contributed by atoms with Crippen LogP contribution in [0, 0.1) is 11.7 Å². The number of amides is 1. The molecule has 2 fully saturated rings. The summed E-state index contributed by atoms with van der Waals surface area (Å²) in [5, 5.41) is 0. The van der Waals surface area contributed by atoms with E-state index in [-0.39, 0.29) is 41.6 Å². The predicted molar refractivity (Wildman–Crippen MR) is 105 cm³/mol. The molecule has 3 heterocycles. The Morgan fingerprint density at radius 3 is 2.76 bits per heavy atom. The van der Waals surface area contributed by atoms with Crippen molar-refractivity contribution in [2.24, 2.45) is 5.92 Å². The van der Waals surface area contributed by atoms with Gasteiger partial charge in [0, 0.05) is 43.4 Å². The molecule has 9 heteroatoms. The van der Waals surface area contributed by atoms with Crippen molar-refractivity contribution in [3.05, 3.63) is 68.2 Å². The molecule has 2 saturated heterocycles. The van der Waals surface area contributed by atoms with Gasteiger partial charge >= 0.3 is 5.69 Å². The molecular weight excluding hydrogens is 377 g/mol. The number of hydrazine groups is 1. The van der Waals surface area contributed by atoms with Crippen LogP contribution in [0.3, 0.4) is 0 Å². The number of hydrogen-bond acceptors (Lipinski definition) is 5. The van der Waals surface area contributed by atoms with Crippen LogP contribution in [-0.2, 0) is 11.2 Å². The predicted octanol–water partition coefficient (Wildman–Crippen LogP) is 0.244. The number of hydrogen-bond donors (Lipinski definition) is 4. The van der Waals surface area contributed by atoms with E-state index in [4.69, 9.17) is 0 Å². The summed E-state index contributed by atoms with van der Waals surface area (Å²) in [6.45, 7) is 1.99. The summed E-state index contributed by atoms with van der Waals surface area (Å²) in [5.74, 6) is 0.0525. The standard InChI is InChI=1S/C20H24FN5O3/c21-15-5-3-12(4-6-15)16-10-23-25-18(16)13-2-1-7-26(11-13)17(27)8-14-9-22-20(29)24-19(14)28/h3-6,9,13,16,18,23,25H,1-2,7-8,10-11H2,(H2,22,24,28,29). The first-order valence-electron chi connectivity index (χ1n) is 9.84. The van der Waals surface area contributed by atoms with Crippen LogP contribution in [0.5, 0.6) is 0 Å². The van der Waals surface area contributed by atoms with Crippen LogP contribution in [-0.4, -0.2) is 46.5 Å². The third-order valence-electron chi connectivity index (χ3n) is 5.88. The van der Waals surface area contributed by atoms with Gasteiger partial charge in [-0.05, 0) is 36.5 Å². The number of H-pyrrole nitrogens is 2. The van der Waals surface area contributed by atoms with Crippen LogP contribution in [0.25, 0.3) is 0 Å². The Balaban J connectivity index is 1.44. The lowest BCUT2D eigenvalue weighted by atomic mass is 9.81. The van der Waals surface area contributed by atoms with E-state index in [1.165, 1.54) is 18.3 Å². The monoisotopic (exact) mass is 401 g/mol. The number of aromatic nitrogens is 2. The van der Waals surface area contributed by atoms with Crippen LogP contribution in [0.4, 0.5) is 4.39 Å². The van der Waals surface area contributed by atoms with Gasteiger partial charge in [-0.25, -0.2) is 9.18 Å². The van der Waals surface area contributed by atoms with Crippen molar-refractivity contribution in [1.29, 1.82) is 0 Å². The number of halogens is 1. The zero-order valence-corrected chi connectivity index (χ0v) is 15.9. The molecule has 3 atom stereocenters. The Kier molecular flexibility index (Phi) is 5.59. The first kappa shape index (κ1) is 19.5. The third kappa shape index (κ3) is 4.30. The van der Waals surface area contributed by atoms with Crippen LogP contribution in [0.15, 0.2) is 40.1 Å². The molecule has 8 nitrogen and oxygen atoms in total. The number of nitrogens with one attached hydrogen (secondary N) is 4. The van der Waals surface area contributed by atoms with Gasteiger partial charge < -0.3 is 9.88 Å². The van der Waals surface area contributed by atoms with E-state index in [0.717, 1.165) is 24.9 Å². The van der Waals surface area contributed by atoms with E-state index in [2.05, 4.69) is 20.8 Å². The first-order valence-corrected chi connectivity index (χ1v) is 9.84. The summed E-state index contributed by atoms with van der Waals surface area (Å²) in [7, 11) is 0. The maximum atomic E-state index is 13.3. The second kappa shape index (κ2) is 8.30. The molecule has 1 amide bonds. The number of likely N-dealkylation sites (tertiary alicyclic amines) is 1. The molecule has 2 aliphatic heterocycles. The van der Waals surface area contributed by atoms with E-state index in [1.807, 2.05) is 12.1 Å². The minimum atomic E-state index is -0.587. The maximum absolute atomic E-state index is 13.3. The smallest absolute Gasteiger partial charge is 0.325 e. The molecule has 3 unspecified atom stereocenters. The molecule has 2 aromatic rings. The number of piperidine rings is 1. The van der Waals surface area contributed by atoms with Crippen molar-refractivity contribution >= 4 is 5.91 Å². The fraction of sp³-hybridized carbons (Fsp3) is 0.450. The number of carbonyl (C=O) groups is 1. The summed E-state index contributed by atoms with van der Waals surface area (Å²) in [5.41, 5.74) is 6.74. The quantitative estimate of drug-likeness (QED) is 0.587. The van der Waals surface area contributed by atoms with Gasteiger partial charge in [-0.3, -0.25) is 25.4 Å². The molecule has 1 aromatic heterocycles. The van der Waals surface area contributed by atoms with E-state index in [1.54, 1.807) is 4.90 Å². The summed E-state index contributed by atoms with van der Waals surface area (Å²) >= 11 is 0. The lowest BCUT2D eigenvalue weighted by molar-refractivity contribution is -0.132. The molecule has 0 aliphatic carbocycles. The van der Waals surface area contributed by atoms with Crippen molar-refractivity contribution in [3.63, 3.8) is 0 Å². The van der Waals surface area contributed by atoms with Gasteiger partial charge in [0.05, 0.1) is 6.42 Å². The highest BCUT2D eigenvalue weighted by molar-refractivity contribution is 5.78. The Morgan fingerprint density at radius 1 is 1.21 bits per heavy atom. The number of carbonyl (C=O) groups excluding carboxylic acids is 1. The highest BCUT2D eigenvalue weighted by Gasteiger charge is 2.37. The number of rotatable bonds is 4. The van der Waals surface area contributed by atoms with Crippen molar-refractivity contribution < 1.29 is 9.18 Å². The second-order valence-corrected chi connectivity index (χ2v) is 7.73. The highest BCUT2D eigenvalue weighted by atomic mass is 19.1. The van der Waals surface area contributed by atoms with E-state index in [9.17, 15) is 18.8 Å². The lowest BCUT2D eigenvalue weighted by Gasteiger charge is -2.37. The third-order valence-corrected chi connectivity index (χ3v) is 5.88. The Bertz CT molecular complexity index is 987. The highest BCUT2D eigenvalue weighted by Crippen LogP contribution is 2.31. The summed E-state index contributed by atoms with van der Waals surface area (Å²) in [6.07, 6.45) is 3.12. The van der Waals surface area contributed by atoms with Crippen LogP contribution in [0.2, 0.25) is 0 Å². The molecule has 0 saturated carbocycles. The first-order chi connectivity index (χ1) is 14.0. The summed E-state index contributed by atoms with van der Waals surface area (Å²) < 4.78 is 13.3. The molecule has 0 spiro atoms. The van der Waals surface area contributed by atoms with Crippen LogP contribution < -0.4 is 22.1 Å². The van der Waals surface area contributed by atoms with Gasteiger partial charge in [0.2, 0.25) is 5.91 Å². The zero-order chi connectivity index (χ0) is 20.4. The van der Waals surface area contributed by atoms with Crippen molar-refractivity contribution in [3.8, 4) is 0 Å². The SMILES string of the molecule is O=C(Cc1c[nH]c(=O)[nH]c1=O)N1CCCC(C2NNCC2c2ccc(F)cc2)C1. The van der Waals surface area contributed by atoms with Crippen LogP contribution >= 0.6 is 0 Å². The lowest BCUT2D eigenvalue weighted by Crippen LogP contribution is -2.48.